The fourth-order valence-corrected chi connectivity index (χ4v) is 2.32. The van der Waals surface area contributed by atoms with Crippen LogP contribution in [0.25, 0.3) is 0 Å². The fourth-order valence-electron chi connectivity index (χ4n) is 2.32. The summed E-state index contributed by atoms with van der Waals surface area (Å²) in [4.78, 5) is 8.74. The molecule has 98 valence electrons. The number of methoxy groups -OCH3 is 1. The van der Waals surface area contributed by atoms with E-state index in [0.29, 0.717) is 17.6 Å². The van der Waals surface area contributed by atoms with Crippen LogP contribution in [-0.2, 0) is 0 Å². The molecule has 1 fully saturated rings. The number of pyridine rings is 1. The highest BCUT2D eigenvalue weighted by molar-refractivity contribution is 6.00. The minimum Gasteiger partial charge on any atom is -0.494 e. The van der Waals surface area contributed by atoms with Gasteiger partial charge >= 0.3 is 0 Å². The van der Waals surface area contributed by atoms with Gasteiger partial charge in [0.15, 0.2) is 0 Å². The molecule has 0 atom stereocenters. The summed E-state index contributed by atoms with van der Waals surface area (Å²) in [7, 11) is 1.62. The number of nitrogens with zero attached hydrogens (tertiary/aromatic N) is 2. The van der Waals surface area contributed by atoms with Crippen molar-refractivity contribution in [2.45, 2.75) is 38.1 Å². The van der Waals surface area contributed by atoms with E-state index in [1.807, 2.05) is 6.07 Å². The average molecular weight is 248 g/mol. The van der Waals surface area contributed by atoms with Crippen LogP contribution in [0, 0.1) is 0 Å². The number of hydrogen-bond donors (Lipinski definition) is 2. The Morgan fingerprint density at radius 2 is 2.22 bits per heavy atom. The largest absolute Gasteiger partial charge is 0.494 e. The minimum absolute atomic E-state index is 0.364. The lowest BCUT2D eigenvalue weighted by atomic mass is 9.96. The molecule has 2 rings (SSSR count). The van der Waals surface area contributed by atoms with Gasteiger partial charge in [-0.25, -0.2) is 5.84 Å². The predicted octanol–water partition coefficient (Wildman–Crippen LogP) is 1.63. The summed E-state index contributed by atoms with van der Waals surface area (Å²) < 4.78 is 5.28. The van der Waals surface area contributed by atoms with E-state index in [1.54, 1.807) is 19.5 Å². The van der Waals surface area contributed by atoms with Crippen LogP contribution in [0.15, 0.2) is 23.5 Å². The number of nitrogens with one attached hydrogen (secondary N) is 1. The summed E-state index contributed by atoms with van der Waals surface area (Å²) in [6.45, 7) is 0. The van der Waals surface area contributed by atoms with Crippen molar-refractivity contribution in [3.63, 3.8) is 0 Å². The molecule has 1 heterocycles. The Labute approximate surface area is 107 Å². The number of rotatable bonds is 3. The number of hydrogen-bond acceptors (Lipinski definition) is 4. The Hall–Kier alpha value is -1.62. The molecule has 1 aliphatic carbocycles. The van der Waals surface area contributed by atoms with Crippen LogP contribution in [0.5, 0.6) is 5.75 Å². The molecule has 0 bridgehead atoms. The van der Waals surface area contributed by atoms with Crippen molar-refractivity contribution < 1.29 is 4.74 Å². The smallest absolute Gasteiger partial charge is 0.148 e. The molecule has 0 radical (unpaired) electrons. The third kappa shape index (κ3) is 2.98. The first-order chi connectivity index (χ1) is 8.85. The van der Waals surface area contributed by atoms with Crippen molar-refractivity contribution >= 4 is 5.84 Å². The second-order valence-electron chi connectivity index (χ2n) is 4.49. The van der Waals surface area contributed by atoms with Gasteiger partial charge in [0.1, 0.15) is 11.6 Å². The van der Waals surface area contributed by atoms with Gasteiger partial charge in [0, 0.05) is 6.20 Å². The predicted molar refractivity (Wildman–Crippen MR) is 71.5 cm³/mol. The summed E-state index contributed by atoms with van der Waals surface area (Å²) in [5.41, 5.74) is 3.54. The van der Waals surface area contributed by atoms with Gasteiger partial charge in [0.05, 0.1) is 24.9 Å². The first-order valence-electron chi connectivity index (χ1n) is 6.38. The molecular weight excluding hydrogens is 228 g/mol. The Morgan fingerprint density at radius 1 is 1.44 bits per heavy atom. The SMILES string of the molecule is COc1cnccc1C(=NC1CCCCC1)NN. The monoisotopic (exact) mass is 248 g/mol. The summed E-state index contributed by atoms with van der Waals surface area (Å²) in [6.07, 6.45) is 9.47. The zero-order valence-electron chi connectivity index (χ0n) is 10.7. The molecule has 1 aromatic rings. The highest BCUT2D eigenvalue weighted by Crippen LogP contribution is 2.22. The van der Waals surface area contributed by atoms with Crippen molar-refractivity contribution in [1.29, 1.82) is 0 Å². The fraction of sp³-hybridized carbons (Fsp3) is 0.538. The van der Waals surface area contributed by atoms with E-state index >= 15 is 0 Å². The number of aliphatic imine (C=N–C) groups is 1. The Morgan fingerprint density at radius 3 is 2.89 bits per heavy atom. The molecule has 5 heteroatoms. The van der Waals surface area contributed by atoms with Gasteiger partial charge in [-0.2, -0.15) is 0 Å². The first kappa shape index (κ1) is 12.8. The number of aromatic nitrogens is 1. The molecule has 0 amide bonds. The standard InChI is InChI=1S/C13H20N4O/c1-18-12-9-15-8-7-11(12)13(17-14)16-10-5-3-2-4-6-10/h7-10H,2-6,14H2,1H3,(H,16,17). The van der Waals surface area contributed by atoms with E-state index < -0.39 is 0 Å². The van der Waals surface area contributed by atoms with Gasteiger partial charge in [-0.1, -0.05) is 19.3 Å². The number of amidine groups is 1. The molecule has 0 saturated heterocycles. The normalized spacial score (nSPS) is 17.6. The molecule has 1 aliphatic rings. The molecule has 1 saturated carbocycles. The third-order valence-electron chi connectivity index (χ3n) is 3.28. The van der Waals surface area contributed by atoms with Crippen LogP contribution in [0.2, 0.25) is 0 Å². The molecule has 0 spiro atoms. The van der Waals surface area contributed by atoms with Crippen LogP contribution in [0.4, 0.5) is 0 Å². The summed E-state index contributed by atoms with van der Waals surface area (Å²) in [6, 6.07) is 2.23. The molecular formula is C13H20N4O. The molecule has 0 unspecified atom stereocenters. The van der Waals surface area contributed by atoms with Gasteiger partial charge in [0.2, 0.25) is 0 Å². The maximum atomic E-state index is 5.59. The maximum Gasteiger partial charge on any atom is 0.148 e. The topological polar surface area (TPSA) is 72.5 Å². The van der Waals surface area contributed by atoms with Crippen LogP contribution >= 0.6 is 0 Å². The van der Waals surface area contributed by atoms with Crippen LogP contribution in [0.1, 0.15) is 37.7 Å². The summed E-state index contributed by atoms with van der Waals surface area (Å²) in [5.74, 6) is 6.96. The van der Waals surface area contributed by atoms with E-state index in [1.165, 1.54) is 19.3 Å². The van der Waals surface area contributed by atoms with Gasteiger partial charge in [0.25, 0.3) is 0 Å². The van der Waals surface area contributed by atoms with E-state index in [0.717, 1.165) is 18.4 Å². The van der Waals surface area contributed by atoms with Crippen molar-refractivity contribution in [2.75, 3.05) is 7.11 Å². The van der Waals surface area contributed by atoms with E-state index in [4.69, 9.17) is 15.6 Å². The minimum atomic E-state index is 0.364. The van der Waals surface area contributed by atoms with E-state index in [9.17, 15) is 0 Å². The Balaban J connectivity index is 2.23. The lowest BCUT2D eigenvalue weighted by Gasteiger charge is -2.19. The van der Waals surface area contributed by atoms with E-state index in [-0.39, 0.29) is 0 Å². The maximum absolute atomic E-state index is 5.59. The lowest BCUT2D eigenvalue weighted by Crippen LogP contribution is -2.33. The van der Waals surface area contributed by atoms with Crippen molar-refractivity contribution in [2.24, 2.45) is 10.8 Å². The van der Waals surface area contributed by atoms with Crippen LogP contribution in [0.3, 0.4) is 0 Å². The van der Waals surface area contributed by atoms with Crippen molar-refractivity contribution in [1.82, 2.24) is 10.4 Å². The van der Waals surface area contributed by atoms with Gasteiger partial charge in [-0.05, 0) is 18.9 Å². The Bertz CT molecular complexity index is 413. The Kier molecular flexibility index (Phi) is 4.52. The van der Waals surface area contributed by atoms with Gasteiger partial charge in [-0.15, -0.1) is 0 Å². The molecule has 0 aliphatic heterocycles. The van der Waals surface area contributed by atoms with Gasteiger partial charge in [-0.3, -0.25) is 9.98 Å². The zero-order valence-corrected chi connectivity index (χ0v) is 10.7. The molecule has 1 aromatic heterocycles. The average Bonchev–Trinajstić information content (AvgIpc) is 2.46. The van der Waals surface area contributed by atoms with Crippen molar-refractivity contribution in [3.8, 4) is 5.75 Å². The first-order valence-corrected chi connectivity index (χ1v) is 6.38. The summed E-state index contributed by atoms with van der Waals surface area (Å²) >= 11 is 0. The van der Waals surface area contributed by atoms with Crippen LogP contribution < -0.4 is 16.0 Å². The molecule has 3 N–H and O–H groups in total. The number of nitrogens with two attached hydrogens (primary N) is 1. The lowest BCUT2D eigenvalue weighted by molar-refractivity contribution is 0.411. The second kappa shape index (κ2) is 6.35. The second-order valence-corrected chi connectivity index (χ2v) is 4.49. The highest BCUT2D eigenvalue weighted by Gasteiger charge is 2.15. The van der Waals surface area contributed by atoms with Crippen molar-refractivity contribution in [3.05, 3.63) is 24.0 Å². The molecule has 5 nitrogen and oxygen atoms in total. The molecule has 18 heavy (non-hydrogen) atoms. The van der Waals surface area contributed by atoms with Gasteiger partial charge < -0.3 is 10.2 Å². The zero-order chi connectivity index (χ0) is 12.8. The quantitative estimate of drug-likeness (QED) is 0.369. The molecule has 0 aromatic carbocycles. The van der Waals surface area contributed by atoms with E-state index in [2.05, 4.69) is 10.4 Å². The number of ether oxygens (including phenoxy) is 1. The highest BCUT2D eigenvalue weighted by atomic mass is 16.5. The van der Waals surface area contributed by atoms with Crippen LogP contribution in [-0.4, -0.2) is 24.0 Å². The summed E-state index contributed by atoms with van der Waals surface area (Å²) in [5, 5.41) is 0. The number of hydrazine groups is 1. The third-order valence-corrected chi connectivity index (χ3v) is 3.28.